The lowest BCUT2D eigenvalue weighted by Gasteiger charge is -2.06. The lowest BCUT2D eigenvalue weighted by Crippen LogP contribution is -2.28. The zero-order valence-electron chi connectivity index (χ0n) is 12.7. The third-order valence-corrected chi connectivity index (χ3v) is 3.68. The van der Waals surface area contributed by atoms with Crippen LogP contribution in [0.4, 0.5) is 0 Å². The van der Waals surface area contributed by atoms with Crippen LogP contribution in [-0.2, 0) is 17.8 Å². The first-order valence-electron chi connectivity index (χ1n) is 7.58. The lowest BCUT2D eigenvalue weighted by atomic mass is 10.1. The predicted molar refractivity (Wildman–Crippen MR) is 88.1 cm³/mol. The number of nitrogens with one attached hydrogen (secondary N) is 2. The van der Waals surface area contributed by atoms with E-state index in [-0.39, 0.29) is 11.5 Å². The third kappa shape index (κ3) is 3.66. The quantitative estimate of drug-likeness (QED) is 0.677. The minimum atomic E-state index is -0.127. The van der Waals surface area contributed by atoms with Crippen molar-refractivity contribution in [3.63, 3.8) is 0 Å². The number of aromatic nitrogens is 3. The summed E-state index contributed by atoms with van der Waals surface area (Å²) in [7, 11) is 0. The smallest absolute Gasteiger partial charge is 0.266 e. The van der Waals surface area contributed by atoms with Crippen LogP contribution in [0.5, 0.6) is 0 Å². The van der Waals surface area contributed by atoms with E-state index in [9.17, 15) is 9.59 Å². The van der Waals surface area contributed by atoms with Crippen molar-refractivity contribution in [1.82, 2.24) is 20.1 Å². The summed E-state index contributed by atoms with van der Waals surface area (Å²) < 4.78 is 1.39. The number of amides is 1. The van der Waals surface area contributed by atoms with Crippen molar-refractivity contribution in [3.05, 3.63) is 64.7 Å². The second-order valence-electron chi connectivity index (χ2n) is 5.32. The Kier molecular flexibility index (Phi) is 4.52. The van der Waals surface area contributed by atoms with E-state index in [2.05, 4.69) is 15.4 Å². The van der Waals surface area contributed by atoms with Crippen molar-refractivity contribution < 1.29 is 4.79 Å². The summed E-state index contributed by atoms with van der Waals surface area (Å²) in [5, 5.41) is 7.93. The number of para-hydroxylation sites is 1. The first kappa shape index (κ1) is 15.0. The zero-order chi connectivity index (χ0) is 16.1. The Morgan fingerprint density at radius 1 is 1.22 bits per heavy atom. The zero-order valence-corrected chi connectivity index (χ0v) is 12.7. The molecule has 0 aliphatic heterocycles. The van der Waals surface area contributed by atoms with Gasteiger partial charge >= 0.3 is 0 Å². The molecule has 0 aliphatic carbocycles. The number of aryl methyl sites for hydroxylation is 1. The highest BCUT2D eigenvalue weighted by Crippen LogP contribution is 2.17. The SMILES string of the molecule is O=C(Cc1c[nH]c2ccccc12)NCCCn1ncccc1=O. The Balaban J connectivity index is 1.48. The molecule has 2 N–H and O–H groups in total. The largest absolute Gasteiger partial charge is 0.361 e. The number of carbonyl (C=O) groups excluding carboxylic acids is 1. The molecular formula is C17H18N4O2. The number of H-pyrrole nitrogens is 1. The van der Waals surface area contributed by atoms with E-state index in [1.165, 1.54) is 10.7 Å². The molecule has 0 bridgehead atoms. The fourth-order valence-corrected chi connectivity index (χ4v) is 2.53. The highest BCUT2D eigenvalue weighted by atomic mass is 16.1. The summed E-state index contributed by atoms with van der Waals surface area (Å²) in [5.41, 5.74) is 1.89. The van der Waals surface area contributed by atoms with Crippen molar-refractivity contribution in [2.75, 3.05) is 6.54 Å². The number of fused-ring (bicyclic) bond motifs is 1. The normalized spacial score (nSPS) is 10.8. The molecule has 1 amide bonds. The molecule has 0 radical (unpaired) electrons. The van der Waals surface area contributed by atoms with Gasteiger partial charge in [-0.1, -0.05) is 18.2 Å². The number of hydrogen-bond acceptors (Lipinski definition) is 3. The first-order chi connectivity index (χ1) is 11.2. The van der Waals surface area contributed by atoms with Gasteiger partial charge in [0.1, 0.15) is 0 Å². The van der Waals surface area contributed by atoms with E-state index in [4.69, 9.17) is 0 Å². The van der Waals surface area contributed by atoms with Crippen LogP contribution >= 0.6 is 0 Å². The van der Waals surface area contributed by atoms with Gasteiger partial charge in [0.05, 0.1) is 6.42 Å². The molecule has 0 fully saturated rings. The number of carbonyl (C=O) groups is 1. The third-order valence-electron chi connectivity index (χ3n) is 3.68. The van der Waals surface area contributed by atoms with Gasteiger partial charge < -0.3 is 10.3 Å². The molecule has 0 unspecified atom stereocenters. The van der Waals surface area contributed by atoms with Crippen LogP contribution in [0.2, 0.25) is 0 Å². The molecule has 0 saturated carbocycles. The van der Waals surface area contributed by atoms with Crippen LogP contribution in [0.15, 0.2) is 53.6 Å². The van der Waals surface area contributed by atoms with E-state index in [1.54, 1.807) is 12.3 Å². The Morgan fingerprint density at radius 3 is 2.96 bits per heavy atom. The molecule has 0 aliphatic rings. The molecule has 118 valence electrons. The maximum atomic E-state index is 12.0. The van der Waals surface area contributed by atoms with Gasteiger partial charge in [-0.15, -0.1) is 0 Å². The number of benzene rings is 1. The average Bonchev–Trinajstić information content (AvgIpc) is 2.96. The van der Waals surface area contributed by atoms with Gasteiger partial charge in [-0.3, -0.25) is 9.59 Å². The molecule has 0 atom stereocenters. The van der Waals surface area contributed by atoms with E-state index in [0.29, 0.717) is 25.9 Å². The predicted octanol–water partition coefficient (Wildman–Crippen LogP) is 1.47. The molecule has 6 heteroatoms. The summed E-state index contributed by atoms with van der Waals surface area (Å²) in [4.78, 5) is 26.7. The number of rotatable bonds is 6. The Morgan fingerprint density at radius 2 is 2.09 bits per heavy atom. The van der Waals surface area contributed by atoms with Crippen LogP contribution in [-0.4, -0.2) is 27.2 Å². The minimum Gasteiger partial charge on any atom is -0.361 e. The van der Waals surface area contributed by atoms with E-state index in [1.807, 2.05) is 30.5 Å². The van der Waals surface area contributed by atoms with Gasteiger partial charge in [-0.2, -0.15) is 5.10 Å². The molecule has 2 aromatic heterocycles. The topological polar surface area (TPSA) is 79.8 Å². The molecule has 6 nitrogen and oxygen atoms in total. The maximum Gasteiger partial charge on any atom is 0.266 e. The summed E-state index contributed by atoms with van der Waals surface area (Å²) in [6.45, 7) is 1.01. The van der Waals surface area contributed by atoms with E-state index < -0.39 is 0 Å². The van der Waals surface area contributed by atoms with Gasteiger partial charge in [-0.05, 0) is 24.1 Å². The fraction of sp³-hybridized carbons (Fsp3) is 0.235. The molecule has 0 saturated heterocycles. The Hall–Kier alpha value is -2.89. The van der Waals surface area contributed by atoms with E-state index in [0.717, 1.165) is 16.5 Å². The highest BCUT2D eigenvalue weighted by molar-refractivity contribution is 5.88. The number of aromatic amines is 1. The van der Waals surface area contributed by atoms with Gasteiger partial charge in [0, 0.05) is 42.5 Å². The second kappa shape index (κ2) is 6.91. The van der Waals surface area contributed by atoms with Gasteiger partial charge in [0.25, 0.3) is 5.56 Å². The van der Waals surface area contributed by atoms with E-state index >= 15 is 0 Å². The molecule has 3 rings (SSSR count). The number of hydrogen-bond donors (Lipinski definition) is 2. The summed E-state index contributed by atoms with van der Waals surface area (Å²) in [5.74, 6) is -0.0249. The molecular weight excluding hydrogens is 292 g/mol. The monoisotopic (exact) mass is 310 g/mol. The second-order valence-corrected chi connectivity index (χ2v) is 5.32. The number of nitrogens with zero attached hydrogens (tertiary/aromatic N) is 2. The Labute approximate surface area is 133 Å². The van der Waals surface area contributed by atoms with Crippen molar-refractivity contribution in [2.45, 2.75) is 19.4 Å². The average molecular weight is 310 g/mol. The minimum absolute atomic E-state index is 0.0249. The molecule has 2 heterocycles. The summed E-state index contributed by atoms with van der Waals surface area (Å²) in [6.07, 6.45) is 4.46. The van der Waals surface area contributed by atoms with Crippen molar-refractivity contribution >= 4 is 16.8 Å². The van der Waals surface area contributed by atoms with Gasteiger partial charge in [0.2, 0.25) is 5.91 Å². The molecule has 23 heavy (non-hydrogen) atoms. The summed E-state index contributed by atoms with van der Waals surface area (Å²) >= 11 is 0. The standard InChI is InChI=1S/C17H18N4O2/c22-16(11-13-12-19-15-6-2-1-5-14(13)15)18-8-4-10-21-17(23)7-3-9-20-21/h1-3,5-7,9,12,19H,4,8,10-11H2,(H,18,22). The molecule has 0 spiro atoms. The lowest BCUT2D eigenvalue weighted by molar-refractivity contribution is -0.120. The molecule has 3 aromatic rings. The van der Waals surface area contributed by atoms with Crippen LogP contribution in [0, 0.1) is 0 Å². The molecule has 1 aromatic carbocycles. The van der Waals surface area contributed by atoms with Gasteiger partial charge in [0.15, 0.2) is 0 Å². The van der Waals surface area contributed by atoms with Gasteiger partial charge in [-0.25, -0.2) is 4.68 Å². The van der Waals surface area contributed by atoms with Crippen LogP contribution < -0.4 is 10.9 Å². The maximum absolute atomic E-state index is 12.0. The highest BCUT2D eigenvalue weighted by Gasteiger charge is 2.08. The van der Waals surface area contributed by atoms with Crippen molar-refractivity contribution in [3.8, 4) is 0 Å². The Bertz CT molecular complexity index is 866. The van der Waals surface area contributed by atoms with Crippen LogP contribution in [0.1, 0.15) is 12.0 Å². The van der Waals surface area contributed by atoms with Crippen molar-refractivity contribution in [2.24, 2.45) is 0 Å². The fourth-order valence-electron chi connectivity index (χ4n) is 2.53. The van der Waals surface area contributed by atoms with Crippen LogP contribution in [0.3, 0.4) is 0 Å². The first-order valence-corrected chi connectivity index (χ1v) is 7.58. The summed E-state index contributed by atoms with van der Waals surface area (Å²) in [6, 6.07) is 11.0. The van der Waals surface area contributed by atoms with Crippen LogP contribution in [0.25, 0.3) is 10.9 Å². The van der Waals surface area contributed by atoms with Crippen molar-refractivity contribution in [1.29, 1.82) is 0 Å².